The van der Waals surface area contributed by atoms with Crippen molar-refractivity contribution < 1.29 is 28.5 Å². The molecule has 0 aliphatic heterocycles. The molecule has 0 fully saturated rings. The van der Waals surface area contributed by atoms with Crippen molar-refractivity contribution >= 4 is 11.3 Å². The summed E-state index contributed by atoms with van der Waals surface area (Å²) >= 11 is 1.75. The molecule has 1 nitrogen and oxygen atoms in total. The Kier molecular flexibility index (Phi) is 6.31. The van der Waals surface area contributed by atoms with Crippen molar-refractivity contribution in [1.82, 2.24) is 0 Å². The first-order chi connectivity index (χ1) is 4.43. The Balaban J connectivity index is 0.000000810. The van der Waals surface area contributed by atoms with Crippen LogP contribution in [0.5, 0.6) is 0 Å². The third-order valence-corrected chi connectivity index (χ3v) is 1.97. The van der Waals surface area contributed by atoms with Crippen molar-refractivity contribution in [3.05, 3.63) is 17.1 Å². The van der Waals surface area contributed by atoms with Gasteiger partial charge in [0.25, 0.3) is 0 Å². The summed E-state index contributed by atoms with van der Waals surface area (Å²) in [7, 11) is 0. The van der Waals surface area contributed by atoms with Crippen LogP contribution < -0.4 is 28.5 Å². The lowest BCUT2D eigenvalue weighted by molar-refractivity contribution is -0.692. The van der Waals surface area contributed by atoms with Crippen LogP contribution in [0.4, 0.5) is 0 Å². The van der Waals surface area contributed by atoms with E-state index in [4.69, 9.17) is 0 Å². The molecule has 0 radical (unpaired) electrons. The number of unbranched alkanes of at least 4 members (excludes halogenated alkanes) is 1. The molecular formula is C7H12INS. The van der Waals surface area contributed by atoms with Crippen molar-refractivity contribution in [1.29, 1.82) is 0 Å². The van der Waals surface area contributed by atoms with E-state index in [-0.39, 0.29) is 24.0 Å². The van der Waals surface area contributed by atoms with Crippen molar-refractivity contribution in [2.75, 3.05) is 0 Å². The van der Waals surface area contributed by atoms with Gasteiger partial charge >= 0.3 is 0 Å². The van der Waals surface area contributed by atoms with Gasteiger partial charge in [0.15, 0.2) is 6.20 Å². The maximum absolute atomic E-state index is 2.23. The molecule has 0 atom stereocenters. The first-order valence-electron chi connectivity index (χ1n) is 3.34. The molecule has 0 N–H and O–H groups in total. The summed E-state index contributed by atoms with van der Waals surface area (Å²) < 4.78 is 2.23. The lowest BCUT2D eigenvalue weighted by Gasteiger charge is -1.86. The minimum atomic E-state index is 0. The number of halogens is 1. The SMILES string of the molecule is CCCC[n+]1ccsc1.[I-]. The second kappa shape index (κ2) is 6.09. The van der Waals surface area contributed by atoms with E-state index in [0.29, 0.717) is 0 Å². The molecule has 0 unspecified atom stereocenters. The van der Waals surface area contributed by atoms with Crippen molar-refractivity contribution in [2.24, 2.45) is 0 Å². The smallest absolute Gasteiger partial charge is 0.224 e. The summed E-state index contributed by atoms with van der Waals surface area (Å²) in [5.41, 5.74) is 2.15. The normalized spacial score (nSPS) is 8.90. The molecule has 0 saturated heterocycles. The van der Waals surface area contributed by atoms with Gasteiger partial charge in [0.05, 0.1) is 5.38 Å². The second-order valence-corrected chi connectivity index (χ2v) is 2.87. The average molecular weight is 269 g/mol. The van der Waals surface area contributed by atoms with Crippen LogP contribution >= 0.6 is 11.3 Å². The first-order valence-corrected chi connectivity index (χ1v) is 4.29. The summed E-state index contributed by atoms with van der Waals surface area (Å²) in [5, 5.41) is 2.11. The third kappa shape index (κ3) is 3.51. The standard InChI is InChI=1S/C7H12NS.HI/c1-2-3-4-8-5-6-9-7-8;/h5-7H,2-4H2,1H3;1H/q+1;/p-1. The highest BCUT2D eigenvalue weighted by Gasteiger charge is 1.95. The molecule has 1 rings (SSSR count). The molecule has 0 aromatic carbocycles. The quantitative estimate of drug-likeness (QED) is 0.481. The number of aryl methyl sites for hydroxylation is 1. The van der Waals surface area contributed by atoms with Crippen LogP contribution in [0.1, 0.15) is 19.8 Å². The molecule has 1 aromatic rings. The van der Waals surface area contributed by atoms with E-state index in [0.717, 1.165) is 0 Å². The Hall–Kier alpha value is 0.360. The molecule has 0 aliphatic carbocycles. The van der Waals surface area contributed by atoms with Gasteiger partial charge in [0, 0.05) is 6.42 Å². The van der Waals surface area contributed by atoms with Crippen LogP contribution in [0.2, 0.25) is 0 Å². The number of nitrogens with zero attached hydrogens (tertiary/aromatic N) is 1. The number of thiazole rings is 1. The summed E-state index contributed by atoms with van der Waals surface area (Å²) in [5.74, 6) is 0. The Morgan fingerprint density at radius 2 is 2.30 bits per heavy atom. The molecular weight excluding hydrogens is 257 g/mol. The van der Waals surface area contributed by atoms with Gasteiger partial charge in [0.1, 0.15) is 6.54 Å². The zero-order valence-electron chi connectivity index (χ0n) is 6.09. The summed E-state index contributed by atoms with van der Waals surface area (Å²) in [4.78, 5) is 0. The fourth-order valence-corrected chi connectivity index (χ4v) is 1.36. The van der Waals surface area contributed by atoms with Gasteiger partial charge in [-0.15, -0.1) is 0 Å². The van der Waals surface area contributed by atoms with E-state index in [9.17, 15) is 0 Å². The zero-order chi connectivity index (χ0) is 6.53. The fraction of sp³-hybridized carbons (Fsp3) is 0.571. The van der Waals surface area contributed by atoms with Crippen LogP contribution in [-0.2, 0) is 6.54 Å². The van der Waals surface area contributed by atoms with E-state index in [1.807, 2.05) is 0 Å². The zero-order valence-corrected chi connectivity index (χ0v) is 9.06. The predicted octanol–water partition coefficient (Wildman–Crippen LogP) is -1.16. The highest BCUT2D eigenvalue weighted by Crippen LogP contribution is 1.90. The molecule has 0 spiro atoms. The molecule has 3 heteroatoms. The topological polar surface area (TPSA) is 3.88 Å². The summed E-state index contributed by atoms with van der Waals surface area (Å²) in [6.45, 7) is 3.40. The maximum atomic E-state index is 2.23. The Morgan fingerprint density at radius 1 is 1.50 bits per heavy atom. The Labute approximate surface area is 83.1 Å². The van der Waals surface area contributed by atoms with Crippen LogP contribution in [0.3, 0.4) is 0 Å². The first kappa shape index (κ1) is 10.4. The number of hydrogen-bond acceptors (Lipinski definition) is 1. The molecule has 10 heavy (non-hydrogen) atoms. The molecule has 1 aromatic heterocycles. The van der Waals surface area contributed by atoms with Crippen LogP contribution in [0.15, 0.2) is 17.1 Å². The Morgan fingerprint density at radius 3 is 2.80 bits per heavy atom. The van der Waals surface area contributed by atoms with Crippen molar-refractivity contribution in [3.8, 4) is 0 Å². The van der Waals surface area contributed by atoms with Gasteiger partial charge in [-0.05, 0) is 0 Å². The van der Waals surface area contributed by atoms with Crippen LogP contribution in [0.25, 0.3) is 0 Å². The summed E-state index contributed by atoms with van der Waals surface area (Å²) in [6, 6.07) is 0. The monoisotopic (exact) mass is 269 g/mol. The molecule has 1 heterocycles. The molecule has 0 aliphatic rings. The van der Waals surface area contributed by atoms with Gasteiger partial charge in [-0.3, -0.25) is 0 Å². The van der Waals surface area contributed by atoms with Gasteiger partial charge < -0.3 is 24.0 Å². The highest BCUT2D eigenvalue weighted by molar-refractivity contribution is 7.07. The van der Waals surface area contributed by atoms with E-state index in [1.165, 1.54) is 19.4 Å². The minimum Gasteiger partial charge on any atom is -1.00 e. The van der Waals surface area contributed by atoms with Gasteiger partial charge in [-0.1, -0.05) is 24.7 Å². The molecule has 58 valence electrons. The Bertz CT molecular complexity index is 151. The highest BCUT2D eigenvalue weighted by atomic mass is 127. The van der Waals surface area contributed by atoms with Gasteiger partial charge in [-0.25, -0.2) is 0 Å². The number of rotatable bonds is 3. The lowest BCUT2D eigenvalue weighted by Crippen LogP contribution is -3.00. The molecule has 0 saturated carbocycles. The largest absolute Gasteiger partial charge is 1.00 e. The van der Waals surface area contributed by atoms with Gasteiger partial charge in [0.2, 0.25) is 5.51 Å². The van der Waals surface area contributed by atoms with Crippen LogP contribution in [0, 0.1) is 0 Å². The predicted molar refractivity (Wildman–Crippen MR) is 39.4 cm³/mol. The van der Waals surface area contributed by atoms with E-state index in [1.54, 1.807) is 11.3 Å². The van der Waals surface area contributed by atoms with Crippen LogP contribution in [-0.4, -0.2) is 0 Å². The fourth-order valence-electron chi connectivity index (χ4n) is 0.730. The van der Waals surface area contributed by atoms with E-state index >= 15 is 0 Å². The number of hydrogen-bond donors (Lipinski definition) is 0. The number of aromatic nitrogens is 1. The molecule has 0 amide bonds. The summed E-state index contributed by atoms with van der Waals surface area (Å²) in [6.07, 6.45) is 4.70. The van der Waals surface area contributed by atoms with E-state index in [2.05, 4.69) is 28.6 Å². The van der Waals surface area contributed by atoms with E-state index < -0.39 is 0 Å². The van der Waals surface area contributed by atoms with Crippen molar-refractivity contribution in [3.63, 3.8) is 0 Å². The van der Waals surface area contributed by atoms with Gasteiger partial charge in [-0.2, -0.15) is 4.57 Å². The average Bonchev–Trinajstić information content (AvgIpc) is 2.34. The molecule has 0 bridgehead atoms. The third-order valence-electron chi connectivity index (χ3n) is 1.30. The lowest BCUT2D eigenvalue weighted by atomic mass is 10.3. The maximum Gasteiger partial charge on any atom is 0.224 e. The van der Waals surface area contributed by atoms with Crippen molar-refractivity contribution in [2.45, 2.75) is 26.3 Å². The second-order valence-electron chi connectivity index (χ2n) is 2.12. The minimum absolute atomic E-state index is 0.